The molecule has 0 saturated carbocycles. The van der Waals surface area contributed by atoms with Crippen LogP contribution in [0.4, 0.5) is 4.79 Å². The van der Waals surface area contributed by atoms with Crippen LogP contribution in [0, 0.1) is 6.92 Å². The Hall–Kier alpha value is -2.50. The van der Waals surface area contributed by atoms with Gasteiger partial charge in [-0.25, -0.2) is 14.8 Å². The summed E-state index contributed by atoms with van der Waals surface area (Å²) in [7, 11) is 0. The predicted octanol–water partition coefficient (Wildman–Crippen LogP) is 2.12. The highest BCUT2D eigenvalue weighted by Gasteiger charge is 2.44. The van der Waals surface area contributed by atoms with Gasteiger partial charge >= 0.3 is 6.03 Å². The van der Waals surface area contributed by atoms with E-state index in [4.69, 9.17) is 9.97 Å². The number of amides is 3. The topological polar surface area (TPSA) is 84.0 Å². The first-order valence-electron chi connectivity index (χ1n) is 7.83. The van der Waals surface area contributed by atoms with Crippen LogP contribution in [0.1, 0.15) is 43.3 Å². The zero-order chi connectivity index (χ0) is 16.8. The van der Waals surface area contributed by atoms with Crippen molar-refractivity contribution < 1.29 is 9.59 Å². The van der Waals surface area contributed by atoms with Gasteiger partial charge in [0.2, 0.25) is 0 Å². The summed E-state index contributed by atoms with van der Waals surface area (Å²) in [6, 6.07) is 3.32. The van der Waals surface area contributed by atoms with Crippen molar-refractivity contribution >= 4 is 23.0 Å². The van der Waals surface area contributed by atoms with E-state index in [0.717, 1.165) is 46.4 Å². The highest BCUT2D eigenvalue weighted by Crippen LogP contribution is 2.30. The van der Waals surface area contributed by atoms with Crippen LogP contribution in [0.2, 0.25) is 0 Å². The second-order valence-electron chi connectivity index (χ2n) is 6.01. The van der Waals surface area contributed by atoms with E-state index in [9.17, 15) is 9.59 Å². The molecule has 1 fully saturated rings. The molecule has 23 heavy (non-hydrogen) atoms. The van der Waals surface area contributed by atoms with E-state index >= 15 is 0 Å². The number of aromatic nitrogens is 2. The van der Waals surface area contributed by atoms with Gasteiger partial charge in [0.25, 0.3) is 5.91 Å². The molecule has 3 amide bonds. The molecule has 0 bridgehead atoms. The van der Waals surface area contributed by atoms with E-state index in [1.807, 2.05) is 19.1 Å². The molecular formula is C17H20N4O2. The summed E-state index contributed by atoms with van der Waals surface area (Å²) in [5, 5.41) is 5.00. The summed E-state index contributed by atoms with van der Waals surface area (Å²) in [6.07, 6.45) is 1.65. The second-order valence-corrected chi connectivity index (χ2v) is 6.01. The Morgan fingerprint density at radius 2 is 1.61 bits per heavy atom. The van der Waals surface area contributed by atoms with E-state index in [1.165, 1.54) is 0 Å². The van der Waals surface area contributed by atoms with Crippen molar-refractivity contribution in [2.24, 2.45) is 0 Å². The molecule has 0 aliphatic carbocycles. The van der Waals surface area contributed by atoms with Crippen molar-refractivity contribution in [1.82, 2.24) is 20.6 Å². The van der Waals surface area contributed by atoms with Gasteiger partial charge in [0.15, 0.2) is 0 Å². The minimum absolute atomic E-state index is 0.348. The van der Waals surface area contributed by atoms with Gasteiger partial charge in [-0.3, -0.25) is 10.1 Å². The molecule has 6 heteroatoms. The molecule has 1 unspecified atom stereocenters. The van der Waals surface area contributed by atoms with Gasteiger partial charge in [0.1, 0.15) is 5.54 Å². The SMILES string of the molecule is CCc1nc2cc(C)c(C3(C)NC(=O)NC3=O)cc2nc1CC. The molecule has 0 radical (unpaired) electrons. The summed E-state index contributed by atoms with van der Waals surface area (Å²) in [6.45, 7) is 7.74. The zero-order valence-electron chi connectivity index (χ0n) is 13.8. The maximum Gasteiger partial charge on any atom is 0.322 e. The molecule has 1 aliphatic rings. The van der Waals surface area contributed by atoms with Crippen molar-refractivity contribution in [3.63, 3.8) is 0 Å². The number of nitrogens with one attached hydrogen (secondary N) is 2. The van der Waals surface area contributed by atoms with Crippen molar-refractivity contribution in [1.29, 1.82) is 0 Å². The fourth-order valence-corrected chi connectivity index (χ4v) is 3.12. The molecule has 2 heterocycles. The van der Waals surface area contributed by atoms with Gasteiger partial charge in [-0.15, -0.1) is 0 Å². The van der Waals surface area contributed by atoms with Crippen molar-refractivity contribution in [2.45, 2.75) is 46.1 Å². The third kappa shape index (κ3) is 2.34. The maximum atomic E-state index is 12.2. The first-order chi connectivity index (χ1) is 10.9. The number of nitrogens with zero attached hydrogens (tertiary/aromatic N) is 2. The average molecular weight is 312 g/mol. The lowest BCUT2D eigenvalue weighted by molar-refractivity contribution is -0.123. The Bertz CT molecular complexity index is 831. The second kappa shape index (κ2) is 5.30. The molecule has 2 N–H and O–H groups in total. The molecule has 3 rings (SSSR count). The first-order valence-corrected chi connectivity index (χ1v) is 7.83. The fraction of sp³-hybridized carbons (Fsp3) is 0.412. The minimum atomic E-state index is -1.08. The van der Waals surface area contributed by atoms with Crippen LogP contribution in [-0.2, 0) is 23.2 Å². The molecule has 6 nitrogen and oxygen atoms in total. The maximum absolute atomic E-state index is 12.2. The number of carbonyl (C=O) groups is 2. The first kappa shape index (κ1) is 15.4. The lowest BCUT2D eigenvalue weighted by atomic mass is 9.88. The smallest absolute Gasteiger partial charge is 0.320 e. The number of benzene rings is 1. The Kier molecular flexibility index (Phi) is 3.55. The van der Waals surface area contributed by atoms with Crippen molar-refractivity contribution in [2.75, 3.05) is 0 Å². The predicted molar refractivity (Wildman–Crippen MR) is 87.1 cm³/mol. The highest BCUT2D eigenvalue weighted by atomic mass is 16.2. The number of hydrogen-bond donors (Lipinski definition) is 2. The average Bonchev–Trinajstić information content (AvgIpc) is 2.78. The van der Waals surface area contributed by atoms with Crippen LogP contribution in [0.3, 0.4) is 0 Å². The molecule has 1 aromatic heterocycles. The number of rotatable bonds is 3. The summed E-state index contributed by atoms with van der Waals surface area (Å²) < 4.78 is 0. The molecule has 1 atom stereocenters. The molecule has 1 aromatic carbocycles. The molecule has 1 saturated heterocycles. The summed E-state index contributed by atoms with van der Waals surface area (Å²) in [5.41, 5.74) is 4.10. The van der Waals surface area contributed by atoms with E-state index in [1.54, 1.807) is 6.92 Å². The van der Waals surface area contributed by atoms with Gasteiger partial charge in [0.05, 0.1) is 22.4 Å². The molecule has 120 valence electrons. The van der Waals surface area contributed by atoms with Crippen LogP contribution in [0.15, 0.2) is 12.1 Å². The number of urea groups is 1. The molecule has 1 aliphatic heterocycles. The number of imide groups is 1. The van der Waals surface area contributed by atoms with E-state index in [0.29, 0.717) is 0 Å². The quantitative estimate of drug-likeness (QED) is 0.850. The third-order valence-corrected chi connectivity index (χ3v) is 4.42. The van der Waals surface area contributed by atoms with Crippen molar-refractivity contribution in [3.8, 4) is 0 Å². The summed E-state index contributed by atoms with van der Waals surface area (Å²) in [4.78, 5) is 33.1. The van der Waals surface area contributed by atoms with Gasteiger partial charge in [-0.1, -0.05) is 13.8 Å². The molecule has 0 spiro atoms. The summed E-state index contributed by atoms with van der Waals surface area (Å²) in [5.74, 6) is -0.348. The Morgan fingerprint density at radius 3 is 2.09 bits per heavy atom. The Labute approximate surface area is 134 Å². The highest BCUT2D eigenvalue weighted by molar-refractivity contribution is 6.07. The van der Waals surface area contributed by atoms with E-state index < -0.39 is 11.6 Å². The van der Waals surface area contributed by atoms with Crippen LogP contribution >= 0.6 is 0 Å². The van der Waals surface area contributed by atoms with Crippen LogP contribution in [0.25, 0.3) is 11.0 Å². The molecular weight excluding hydrogens is 292 g/mol. The number of fused-ring (bicyclic) bond motifs is 1. The van der Waals surface area contributed by atoms with Crippen LogP contribution < -0.4 is 10.6 Å². The van der Waals surface area contributed by atoms with Crippen LogP contribution in [0.5, 0.6) is 0 Å². The van der Waals surface area contributed by atoms with Crippen LogP contribution in [-0.4, -0.2) is 21.9 Å². The number of carbonyl (C=O) groups excluding carboxylic acids is 2. The fourth-order valence-electron chi connectivity index (χ4n) is 3.12. The monoisotopic (exact) mass is 312 g/mol. The largest absolute Gasteiger partial charge is 0.322 e. The Balaban J connectivity index is 2.22. The number of hydrogen-bond acceptors (Lipinski definition) is 4. The lowest BCUT2D eigenvalue weighted by Crippen LogP contribution is -2.41. The van der Waals surface area contributed by atoms with Gasteiger partial charge in [-0.05, 0) is 49.9 Å². The van der Waals surface area contributed by atoms with Gasteiger partial charge in [-0.2, -0.15) is 0 Å². The molecule has 2 aromatic rings. The third-order valence-electron chi connectivity index (χ3n) is 4.42. The van der Waals surface area contributed by atoms with E-state index in [2.05, 4.69) is 24.5 Å². The minimum Gasteiger partial charge on any atom is -0.320 e. The van der Waals surface area contributed by atoms with Gasteiger partial charge in [0, 0.05) is 0 Å². The van der Waals surface area contributed by atoms with Gasteiger partial charge < -0.3 is 5.32 Å². The van der Waals surface area contributed by atoms with E-state index in [-0.39, 0.29) is 5.91 Å². The Morgan fingerprint density at radius 1 is 1.04 bits per heavy atom. The van der Waals surface area contributed by atoms with Crippen molar-refractivity contribution in [3.05, 3.63) is 34.6 Å². The zero-order valence-corrected chi connectivity index (χ0v) is 13.8. The normalized spacial score (nSPS) is 20.7. The number of aryl methyl sites for hydroxylation is 3. The lowest BCUT2D eigenvalue weighted by Gasteiger charge is -2.23. The standard InChI is InChI=1S/C17H20N4O2/c1-5-11-12(6-2)19-14-8-10(9(3)7-13(14)18-11)17(4)15(22)20-16(23)21-17/h7-8H,5-6H2,1-4H3,(H2,20,21,22,23). The summed E-state index contributed by atoms with van der Waals surface area (Å²) >= 11 is 0.